The van der Waals surface area contributed by atoms with Gasteiger partial charge in [-0.05, 0) is 42.9 Å². The van der Waals surface area contributed by atoms with Crippen molar-refractivity contribution in [1.29, 1.82) is 0 Å². The maximum atomic E-state index is 13.0. The van der Waals surface area contributed by atoms with Gasteiger partial charge in [-0.15, -0.1) is 0 Å². The molecule has 2 amide bonds. The topological polar surface area (TPSA) is 75.0 Å². The lowest BCUT2D eigenvalue weighted by molar-refractivity contribution is -0.134. The molecule has 3 rings (SSSR count). The molecule has 0 saturated carbocycles. The molecule has 0 fully saturated rings. The molecule has 32 heavy (non-hydrogen) atoms. The summed E-state index contributed by atoms with van der Waals surface area (Å²) in [6.07, 6.45) is 1.58. The summed E-state index contributed by atoms with van der Waals surface area (Å²) in [4.78, 5) is 28.9. The zero-order chi connectivity index (χ0) is 22.9. The van der Waals surface area contributed by atoms with Crippen LogP contribution in [0.1, 0.15) is 11.3 Å². The van der Waals surface area contributed by atoms with Gasteiger partial charge in [-0.2, -0.15) is 0 Å². The summed E-state index contributed by atoms with van der Waals surface area (Å²) in [5.74, 6) is 0.819. The molecular weight excluding hydrogens is 430 g/mol. The van der Waals surface area contributed by atoms with Crippen LogP contribution in [0.2, 0.25) is 5.02 Å². The lowest BCUT2D eigenvalue weighted by Crippen LogP contribution is -2.40. The summed E-state index contributed by atoms with van der Waals surface area (Å²) >= 11 is 6.02. The van der Waals surface area contributed by atoms with E-state index in [0.717, 1.165) is 5.56 Å². The standard InChI is InChI=1S/C24H26ClN3O4/c1-27(16-23(29)26-21-13-19(25)10-11-22(21)31-2)17-24(30)28(15-20-9-6-12-32-20)14-18-7-4-3-5-8-18/h3-13H,14-17H2,1-2H3,(H,26,29). The third-order valence-electron chi connectivity index (χ3n) is 4.75. The molecular formula is C24H26ClN3O4. The molecule has 0 bridgehead atoms. The molecule has 0 unspecified atom stereocenters. The fraction of sp³-hybridized carbons (Fsp3) is 0.250. The maximum absolute atomic E-state index is 13.0. The van der Waals surface area contributed by atoms with E-state index in [9.17, 15) is 9.59 Å². The lowest BCUT2D eigenvalue weighted by atomic mass is 10.2. The van der Waals surface area contributed by atoms with Crippen LogP contribution in [0.3, 0.4) is 0 Å². The van der Waals surface area contributed by atoms with Gasteiger partial charge in [0.1, 0.15) is 11.5 Å². The second-order valence-corrected chi connectivity index (χ2v) is 7.82. The molecule has 0 aliphatic carbocycles. The van der Waals surface area contributed by atoms with Crippen LogP contribution < -0.4 is 10.1 Å². The number of nitrogens with zero attached hydrogens (tertiary/aromatic N) is 2. The van der Waals surface area contributed by atoms with Gasteiger partial charge < -0.3 is 19.4 Å². The number of halogens is 1. The number of nitrogens with one attached hydrogen (secondary N) is 1. The van der Waals surface area contributed by atoms with Crippen LogP contribution in [-0.2, 0) is 22.7 Å². The molecule has 1 aromatic heterocycles. The highest BCUT2D eigenvalue weighted by molar-refractivity contribution is 6.31. The molecule has 0 saturated heterocycles. The van der Waals surface area contributed by atoms with Crippen molar-refractivity contribution in [3.05, 3.63) is 83.3 Å². The van der Waals surface area contributed by atoms with Gasteiger partial charge in [-0.3, -0.25) is 14.5 Å². The Hall–Kier alpha value is -3.29. The summed E-state index contributed by atoms with van der Waals surface area (Å²) in [6, 6.07) is 18.4. The second kappa shape index (κ2) is 11.4. The minimum absolute atomic E-state index is 0.0291. The fourth-order valence-electron chi connectivity index (χ4n) is 3.23. The third-order valence-corrected chi connectivity index (χ3v) is 4.99. The number of benzene rings is 2. The summed E-state index contributed by atoms with van der Waals surface area (Å²) < 4.78 is 10.7. The largest absolute Gasteiger partial charge is 0.495 e. The Bertz CT molecular complexity index is 1020. The van der Waals surface area contributed by atoms with E-state index < -0.39 is 0 Å². The predicted molar refractivity (Wildman–Crippen MR) is 124 cm³/mol. The molecule has 2 aromatic carbocycles. The van der Waals surface area contributed by atoms with Crippen molar-refractivity contribution in [2.45, 2.75) is 13.1 Å². The quantitative estimate of drug-likeness (QED) is 0.499. The second-order valence-electron chi connectivity index (χ2n) is 7.38. The van der Waals surface area contributed by atoms with Crippen LogP contribution >= 0.6 is 11.6 Å². The molecule has 0 spiro atoms. The zero-order valence-electron chi connectivity index (χ0n) is 18.1. The molecule has 0 atom stereocenters. The monoisotopic (exact) mass is 455 g/mol. The lowest BCUT2D eigenvalue weighted by Gasteiger charge is -2.25. The van der Waals surface area contributed by atoms with E-state index in [1.165, 1.54) is 7.11 Å². The summed E-state index contributed by atoms with van der Waals surface area (Å²) in [5.41, 5.74) is 1.49. The number of amides is 2. The molecule has 3 aromatic rings. The highest BCUT2D eigenvalue weighted by Gasteiger charge is 2.19. The van der Waals surface area contributed by atoms with Crippen molar-refractivity contribution >= 4 is 29.1 Å². The molecule has 8 heteroatoms. The van der Waals surface area contributed by atoms with E-state index in [4.69, 9.17) is 20.8 Å². The highest BCUT2D eigenvalue weighted by atomic mass is 35.5. The molecule has 1 heterocycles. The van der Waals surface area contributed by atoms with Crippen molar-refractivity contribution in [2.75, 3.05) is 32.6 Å². The number of rotatable bonds is 10. The van der Waals surface area contributed by atoms with Gasteiger partial charge in [0.15, 0.2) is 0 Å². The van der Waals surface area contributed by atoms with E-state index >= 15 is 0 Å². The first kappa shape index (κ1) is 23.4. The molecule has 7 nitrogen and oxygen atoms in total. The number of ether oxygens (including phenoxy) is 1. The van der Waals surface area contributed by atoms with Crippen molar-refractivity contribution in [1.82, 2.24) is 9.80 Å². The van der Waals surface area contributed by atoms with Crippen molar-refractivity contribution < 1.29 is 18.7 Å². The van der Waals surface area contributed by atoms with Crippen LogP contribution in [-0.4, -0.2) is 48.9 Å². The van der Waals surface area contributed by atoms with Crippen LogP contribution in [0.15, 0.2) is 71.3 Å². The Morgan fingerprint density at radius 3 is 2.50 bits per heavy atom. The van der Waals surface area contributed by atoms with E-state index in [1.807, 2.05) is 36.4 Å². The van der Waals surface area contributed by atoms with Crippen LogP contribution in [0.25, 0.3) is 0 Å². The average Bonchev–Trinajstić information content (AvgIpc) is 3.27. The van der Waals surface area contributed by atoms with Crippen LogP contribution in [0, 0.1) is 0 Å². The van der Waals surface area contributed by atoms with Gasteiger partial charge in [0.25, 0.3) is 0 Å². The number of hydrogen-bond acceptors (Lipinski definition) is 5. The van der Waals surface area contributed by atoms with Crippen molar-refractivity contribution in [3.8, 4) is 5.75 Å². The number of hydrogen-bond donors (Lipinski definition) is 1. The van der Waals surface area contributed by atoms with Gasteiger partial charge >= 0.3 is 0 Å². The number of carbonyl (C=O) groups is 2. The smallest absolute Gasteiger partial charge is 0.238 e. The maximum Gasteiger partial charge on any atom is 0.238 e. The van der Waals surface area contributed by atoms with Gasteiger partial charge in [0.2, 0.25) is 11.8 Å². The SMILES string of the molecule is COc1ccc(Cl)cc1NC(=O)CN(C)CC(=O)N(Cc1ccccc1)Cc1ccco1. The molecule has 1 N–H and O–H groups in total. The summed E-state index contributed by atoms with van der Waals surface area (Å²) in [6.45, 7) is 0.898. The van der Waals surface area contributed by atoms with E-state index in [1.54, 1.807) is 47.4 Å². The zero-order valence-corrected chi connectivity index (χ0v) is 18.8. The Labute approximate surface area is 192 Å². The van der Waals surface area contributed by atoms with Crippen LogP contribution in [0.4, 0.5) is 5.69 Å². The number of furan rings is 1. The summed E-state index contributed by atoms with van der Waals surface area (Å²) in [5, 5.41) is 3.27. The van der Waals surface area contributed by atoms with Crippen molar-refractivity contribution in [3.63, 3.8) is 0 Å². The van der Waals surface area contributed by atoms with Gasteiger partial charge in [-0.1, -0.05) is 41.9 Å². The van der Waals surface area contributed by atoms with E-state index in [-0.39, 0.29) is 24.9 Å². The average molecular weight is 456 g/mol. The minimum atomic E-state index is -0.276. The van der Waals surface area contributed by atoms with Crippen molar-refractivity contribution in [2.24, 2.45) is 0 Å². The Morgan fingerprint density at radius 2 is 1.81 bits per heavy atom. The number of likely N-dealkylation sites (N-methyl/N-ethyl adjacent to an activating group) is 1. The highest BCUT2D eigenvalue weighted by Crippen LogP contribution is 2.27. The van der Waals surface area contributed by atoms with Gasteiger partial charge in [0, 0.05) is 11.6 Å². The van der Waals surface area contributed by atoms with E-state index in [2.05, 4.69) is 5.32 Å². The Morgan fingerprint density at radius 1 is 1.03 bits per heavy atom. The number of anilines is 1. The third kappa shape index (κ3) is 6.87. The van der Waals surface area contributed by atoms with Gasteiger partial charge in [0.05, 0.1) is 38.7 Å². The Kier molecular flexibility index (Phi) is 8.30. The molecule has 0 aliphatic heterocycles. The van der Waals surface area contributed by atoms with Gasteiger partial charge in [-0.25, -0.2) is 0 Å². The normalized spacial score (nSPS) is 10.8. The van der Waals surface area contributed by atoms with Crippen LogP contribution in [0.5, 0.6) is 5.75 Å². The molecule has 0 radical (unpaired) electrons. The number of carbonyl (C=O) groups excluding carboxylic acids is 2. The first-order chi connectivity index (χ1) is 15.4. The first-order valence-electron chi connectivity index (χ1n) is 10.1. The van der Waals surface area contributed by atoms with E-state index in [0.29, 0.717) is 35.3 Å². The number of methoxy groups -OCH3 is 1. The molecule has 0 aliphatic rings. The predicted octanol–water partition coefficient (Wildman–Crippen LogP) is 4.04. The first-order valence-corrected chi connectivity index (χ1v) is 10.5. The molecule has 168 valence electrons. The fourth-order valence-corrected chi connectivity index (χ4v) is 3.40. The minimum Gasteiger partial charge on any atom is -0.495 e. The Balaban J connectivity index is 1.61. The summed E-state index contributed by atoms with van der Waals surface area (Å²) in [7, 11) is 3.24.